The molecule has 0 aliphatic carbocycles. The third-order valence-corrected chi connectivity index (χ3v) is 2.43. The number of hydrogen-bond donors (Lipinski definition) is 0. The van der Waals surface area contributed by atoms with E-state index in [1.54, 1.807) is 12.1 Å². The molecule has 0 radical (unpaired) electrons. The van der Waals surface area contributed by atoms with Gasteiger partial charge in [0.15, 0.2) is 0 Å². The molecule has 1 aromatic rings. The van der Waals surface area contributed by atoms with Crippen LogP contribution in [0.3, 0.4) is 0 Å². The average Bonchev–Trinajstić information content (AvgIpc) is 1.96. The lowest BCUT2D eigenvalue weighted by molar-refractivity contribution is 0.622. The highest BCUT2D eigenvalue weighted by Crippen LogP contribution is 2.24. The van der Waals surface area contributed by atoms with Gasteiger partial charge in [-0.2, -0.15) is 0 Å². The zero-order chi connectivity index (χ0) is 9.14. The van der Waals surface area contributed by atoms with Gasteiger partial charge in [0.2, 0.25) is 0 Å². The van der Waals surface area contributed by atoms with E-state index in [4.69, 9.17) is 0 Å². The van der Waals surface area contributed by atoms with E-state index >= 15 is 0 Å². The fourth-order valence-corrected chi connectivity index (χ4v) is 1.64. The van der Waals surface area contributed by atoms with Gasteiger partial charge in [0, 0.05) is 4.90 Å². The van der Waals surface area contributed by atoms with Gasteiger partial charge in [-0.1, -0.05) is 6.07 Å². The highest BCUT2D eigenvalue weighted by molar-refractivity contribution is 7.97. The molecule has 66 valence electrons. The average molecular weight is 185 g/mol. The molecule has 1 nitrogen and oxygen atoms in total. The summed E-state index contributed by atoms with van der Waals surface area (Å²) in [4.78, 5) is 0.972. The van der Waals surface area contributed by atoms with Crippen LogP contribution >= 0.6 is 11.9 Å². The Bertz CT molecular complexity index is 273. The van der Waals surface area contributed by atoms with Crippen LogP contribution in [0.1, 0.15) is 5.56 Å². The Hall–Kier alpha value is -0.540. The highest BCUT2D eigenvalue weighted by Gasteiger charge is 2.01. The molecule has 0 bridgehead atoms. The minimum absolute atomic E-state index is 0.176. The summed E-state index contributed by atoms with van der Waals surface area (Å²) in [5.74, 6) is -0.176. The van der Waals surface area contributed by atoms with E-state index in [2.05, 4.69) is 0 Å². The molecule has 0 aliphatic heterocycles. The summed E-state index contributed by atoms with van der Waals surface area (Å²) < 4.78 is 14.7. The van der Waals surface area contributed by atoms with E-state index in [0.29, 0.717) is 0 Å². The first-order valence-electron chi connectivity index (χ1n) is 3.71. The maximum atomic E-state index is 12.8. The molecule has 1 rings (SSSR count). The molecule has 0 fully saturated rings. The van der Waals surface area contributed by atoms with Crippen LogP contribution in [0.4, 0.5) is 4.39 Å². The second kappa shape index (κ2) is 3.92. The summed E-state index contributed by atoms with van der Waals surface area (Å²) in [6.07, 6.45) is 0. The van der Waals surface area contributed by atoms with Crippen LogP contribution in [0.25, 0.3) is 0 Å². The van der Waals surface area contributed by atoms with Crippen molar-refractivity contribution in [3.63, 3.8) is 0 Å². The quantitative estimate of drug-likeness (QED) is 0.652. The molecule has 0 N–H and O–H groups in total. The molecule has 3 heteroatoms. The molecule has 0 heterocycles. The van der Waals surface area contributed by atoms with Crippen molar-refractivity contribution in [2.45, 2.75) is 11.8 Å². The first kappa shape index (κ1) is 9.55. The van der Waals surface area contributed by atoms with Gasteiger partial charge in [0.05, 0.1) is 0 Å². The molecule has 0 unspecified atom stereocenters. The van der Waals surface area contributed by atoms with Crippen molar-refractivity contribution in [2.75, 3.05) is 14.1 Å². The third-order valence-electron chi connectivity index (χ3n) is 1.43. The number of rotatable bonds is 2. The molecule has 0 spiro atoms. The normalized spacial score (nSPS) is 10.8. The van der Waals surface area contributed by atoms with Crippen molar-refractivity contribution in [3.8, 4) is 0 Å². The molecule has 12 heavy (non-hydrogen) atoms. The van der Waals surface area contributed by atoms with Crippen LogP contribution < -0.4 is 0 Å². The summed E-state index contributed by atoms with van der Waals surface area (Å²) in [7, 11) is 3.88. The summed E-state index contributed by atoms with van der Waals surface area (Å²) in [6.45, 7) is 1.98. The number of benzene rings is 1. The minimum atomic E-state index is -0.176. The summed E-state index contributed by atoms with van der Waals surface area (Å²) in [5, 5.41) is 0. The Balaban J connectivity index is 2.90. The minimum Gasteiger partial charge on any atom is -0.253 e. The lowest BCUT2D eigenvalue weighted by Gasteiger charge is -2.10. The Morgan fingerprint density at radius 2 is 2.00 bits per heavy atom. The zero-order valence-corrected chi connectivity index (χ0v) is 8.28. The molecular formula is C9H12FNS. The predicted octanol–water partition coefficient (Wildman–Crippen LogP) is 2.70. The third kappa shape index (κ3) is 2.50. The number of aryl methyl sites for hydroxylation is 1. The molecule has 0 saturated carbocycles. The van der Waals surface area contributed by atoms with Crippen molar-refractivity contribution in [3.05, 3.63) is 29.6 Å². The lowest BCUT2D eigenvalue weighted by Crippen LogP contribution is -1.99. The highest BCUT2D eigenvalue weighted by atomic mass is 32.2. The fourth-order valence-electron chi connectivity index (χ4n) is 0.869. The first-order valence-corrected chi connectivity index (χ1v) is 4.48. The van der Waals surface area contributed by atoms with Crippen LogP contribution in [-0.2, 0) is 0 Å². The second-order valence-corrected chi connectivity index (χ2v) is 4.17. The molecule has 0 aliphatic rings. The maximum Gasteiger partial charge on any atom is 0.124 e. The van der Waals surface area contributed by atoms with Crippen molar-refractivity contribution in [1.29, 1.82) is 0 Å². The van der Waals surface area contributed by atoms with Crippen LogP contribution in [0.2, 0.25) is 0 Å². The van der Waals surface area contributed by atoms with Crippen molar-refractivity contribution in [2.24, 2.45) is 0 Å². The Morgan fingerprint density at radius 1 is 1.33 bits per heavy atom. The lowest BCUT2D eigenvalue weighted by atomic mass is 10.2. The summed E-state index contributed by atoms with van der Waals surface area (Å²) >= 11 is 1.53. The zero-order valence-electron chi connectivity index (χ0n) is 7.47. The molecule has 0 amide bonds. The van der Waals surface area contributed by atoms with Crippen molar-refractivity contribution < 1.29 is 4.39 Å². The number of hydrogen-bond acceptors (Lipinski definition) is 2. The van der Waals surface area contributed by atoms with Gasteiger partial charge in [-0.05, 0) is 50.7 Å². The van der Waals surface area contributed by atoms with E-state index in [1.807, 2.05) is 25.3 Å². The van der Waals surface area contributed by atoms with Crippen LogP contribution in [-0.4, -0.2) is 18.4 Å². The first-order chi connectivity index (χ1) is 5.59. The molecule has 0 atom stereocenters. The number of nitrogens with zero attached hydrogens (tertiary/aromatic N) is 1. The topological polar surface area (TPSA) is 3.24 Å². The van der Waals surface area contributed by atoms with Crippen molar-refractivity contribution >= 4 is 11.9 Å². The second-order valence-electron chi connectivity index (χ2n) is 2.81. The maximum absolute atomic E-state index is 12.8. The van der Waals surface area contributed by atoms with Crippen LogP contribution in [0, 0.1) is 12.7 Å². The summed E-state index contributed by atoms with van der Waals surface area (Å²) in [5.41, 5.74) is 1.11. The van der Waals surface area contributed by atoms with Gasteiger partial charge in [0.1, 0.15) is 5.82 Å². The van der Waals surface area contributed by atoms with E-state index < -0.39 is 0 Å². The Morgan fingerprint density at radius 3 is 2.58 bits per heavy atom. The van der Waals surface area contributed by atoms with Crippen molar-refractivity contribution in [1.82, 2.24) is 4.31 Å². The van der Waals surface area contributed by atoms with E-state index in [1.165, 1.54) is 18.0 Å². The monoisotopic (exact) mass is 185 g/mol. The summed E-state index contributed by atoms with van der Waals surface area (Å²) in [6, 6.07) is 4.83. The molecule has 0 saturated heterocycles. The number of halogens is 1. The predicted molar refractivity (Wildman–Crippen MR) is 50.7 cm³/mol. The SMILES string of the molecule is Cc1ccc(F)cc1SN(C)C. The smallest absolute Gasteiger partial charge is 0.124 e. The Labute approximate surface area is 76.7 Å². The largest absolute Gasteiger partial charge is 0.253 e. The standard InChI is InChI=1S/C9H12FNS/c1-7-4-5-8(10)6-9(7)12-11(2)3/h4-6H,1-3H3. The fraction of sp³-hybridized carbons (Fsp3) is 0.333. The van der Waals surface area contributed by atoms with E-state index in [9.17, 15) is 4.39 Å². The van der Waals surface area contributed by atoms with Gasteiger partial charge in [-0.15, -0.1) is 0 Å². The Kier molecular flexibility index (Phi) is 3.12. The van der Waals surface area contributed by atoms with Crippen LogP contribution in [0.5, 0.6) is 0 Å². The van der Waals surface area contributed by atoms with Gasteiger partial charge in [-0.25, -0.2) is 4.39 Å². The van der Waals surface area contributed by atoms with Crippen LogP contribution in [0.15, 0.2) is 23.1 Å². The molecule has 0 aromatic heterocycles. The van der Waals surface area contributed by atoms with E-state index in [-0.39, 0.29) is 5.82 Å². The van der Waals surface area contributed by atoms with Gasteiger partial charge >= 0.3 is 0 Å². The van der Waals surface area contributed by atoms with E-state index in [0.717, 1.165) is 10.5 Å². The molecule has 1 aromatic carbocycles. The van der Waals surface area contributed by atoms with Gasteiger partial charge in [0.25, 0.3) is 0 Å². The molecular weight excluding hydrogens is 173 g/mol. The van der Waals surface area contributed by atoms with Gasteiger partial charge < -0.3 is 0 Å². The van der Waals surface area contributed by atoms with Gasteiger partial charge in [-0.3, -0.25) is 4.31 Å².